The van der Waals surface area contributed by atoms with Gasteiger partial charge >= 0.3 is 0 Å². The molecule has 0 saturated carbocycles. The van der Waals surface area contributed by atoms with Gasteiger partial charge in [-0.2, -0.15) is 0 Å². The Morgan fingerprint density at radius 3 is 2.54 bits per heavy atom. The number of allylic oxidation sites excluding steroid dienone is 1. The molecule has 1 N–H and O–H groups in total. The third-order valence-electron chi connectivity index (χ3n) is 3.86. The first-order chi connectivity index (χ1) is 11.4. The van der Waals surface area contributed by atoms with Crippen molar-refractivity contribution in [3.8, 4) is 0 Å². The SMILES string of the molecule is C=C(/C(C)=C/c1cnc(Nc2ccc(CC)cn2)nc1C)N(C)C. The van der Waals surface area contributed by atoms with E-state index < -0.39 is 0 Å². The van der Waals surface area contributed by atoms with Gasteiger partial charge in [0.05, 0.1) is 5.69 Å². The minimum Gasteiger partial charge on any atom is -0.378 e. The van der Waals surface area contributed by atoms with Crippen LogP contribution in [0.5, 0.6) is 0 Å². The highest BCUT2D eigenvalue weighted by Gasteiger charge is 2.05. The molecule has 2 heterocycles. The molecule has 0 amide bonds. The number of nitrogens with zero attached hydrogens (tertiary/aromatic N) is 4. The van der Waals surface area contributed by atoms with Crippen LogP contribution in [-0.2, 0) is 6.42 Å². The average Bonchev–Trinajstić information content (AvgIpc) is 2.57. The molecule has 0 atom stereocenters. The van der Waals surface area contributed by atoms with Crippen molar-refractivity contribution in [2.45, 2.75) is 27.2 Å². The van der Waals surface area contributed by atoms with Crippen LogP contribution < -0.4 is 5.32 Å². The number of aromatic nitrogens is 3. The molecule has 126 valence electrons. The largest absolute Gasteiger partial charge is 0.378 e. The van der Waals surface area contributed by atoms with Crippen LogP contribution in [0.15, 0.2) is 42.4 Å². The van der Waals surface area contributed by atoms with Crippen LogP contribution in [-0.4, -0.2) is 33.9 Å². The molecule has 0 aliphatic rings. The van der Waals surface area contributed by atoms with Crippen molar-refractivity contribution in [1.29, 1.82) is 0 Å². The summed E-state index contributed by atoms with van der Waals surface area (Å²) in [6.07, 6.45) is 6.71. The van der Waals surface area contributed by atoms with Gasteiger partial charge in [0.15, 0.2) is 0 Å². The molecule has 0 aromatic carbocycles. The number of aryl methyl sites for hydroxylation is 2. The van der Waals surface area contributed by atoms with E-state index in [0.717, 1.165) is 34.8 Å². The molecule has 5 heteroatoms. The zero-order valence-electron chi connectivity index (χ0n) is 15.1. The van der Waals surface area contributed by atoms with Crippen LogP contribution in [0.1, 0.15) is 30.7 Å². The lowest BCUT2D eigenvalue weighted by Gasteiger charge is -2.16. The second-order valence-corrected chi connectivity index (χ2v) is 5.93. The summed E-state index contributed by atoms with van der Waals surface area (Å²) >= 11 is 0. The second kappa shape index (κ2) is 7.73. The van der Waals surface area contributed by atoms with E-state index in [0.29, 0.717) is 5.95 Å². The van der Waals surface area contributed by atoms with E-state index in [1.165, 1.54) is 5.56 Å². The molecule has 0 fully saturated rings. The average molecular weight is 323 g/mol. The fourth-order valence-electron chi connectivity index (χ4n) is 2.17. The highest BCUT2D eigenvalue weighted by atomic mass is 15.1. The maximum Gasteiger partial charge on any atom is 0.228 e. The summed E-state index contributed by atoms with van der Waals surface area (Å²) in [4.78, 5) is 15.3. The van der Waals surface area contributed by atoms with Gasteiger partial charge in [0, 0.05) is 37.7 Å². The Balaban J connectivity index is 2.17. The molecule has 5 nitrogen and oxygen atoms in total. The predicted molar refractivity (Wildman–Crippen MR) is 100 cm³/mol. The first-order valence-electron chi connectivity index (χ1n) is 8.01. The third-order valence-corrected chi connectivity index (χ3v) is 3.86. The van der Waals surface area contributed by atoms with Gasteiger partial charge in [-0.05, 0) is 43.5 Å². The number of likely N-dealkylation sites (N-methyl/N-ethyl adjacent to an activating group) is 1. The minimum atomic E-state index is 0.547. The monoisotopic (exact) mass is 323 g/mol. The van der Waals surface area contributed by atoms with E-state index in [1.54, 1.807) is 0 Å². The van der Waals surface area contributed by atoms with Crippen molar-refractivity contribution in [1.82, 2.24) is 19.9 Å². The molecule has 2 aromatic rings. The molecule has 2 rings (SSSR count). The zero-order chi connectivity index (χ0) is 17.7. The number of nitrogens with one attached hydrogen (secondary N) is 1. The van der Waals surface area contributed by atoms with Crippen molar-refractivity contribution < 1.29 is 0 Å². The van der Waals surface area contributed by atoms with Gasteiger partial charge in [0.25, 0.3) is 0 Å². The van der Waals surface area contributed by atoms with Gasteiger partial charge in [0.1, 0.15) is 5.82 Å². The second-order valence-electron chi connectivity index (χ2n) is 5.93. The lowest BCUT2D eigenvalue weighted by atomic mass is 10.1. The third kappa shape index (κ3) is 4.41. The Bertz CT molecular complexity index is 745. The van der Waals surface area contributed by atoms with E-state index in [2.05, 4.69) is 45.9 Å². The Morgan fingerprint density at radius 1 is 1.25 bits per heavy atom. The molecule has 0 aliphatic heterocycles. The molecule has 0 unspecified atom stereocenters. The number of anilines is 2. The van der Waals surface area contributed by atoms with Gasteiger partial charge in [0.2, 0.25) is 5.95 Å². The summed E-state index contributed by atoms with van der Waals surface area (Å²) < 4.78 is 0. The van der Waals surface area contributed by atoms with Crippen molar-refractivity contribution in [3.05, 3.63) is 59.2 Å². The Hall–Kier alpha value is -2.69. The number of rotatable bonds is 6. The van der Waals surface area contributed by atoms with E-state index >= 15 is 0 Å². The molecule has 0 spiro atoms. The van der Waals surface area contributed by atoms with Crippen LogP contribution in [0.25, 0.3) is 6.08 Å². The minimum absolute atomic E-state index is 0.547. The quantitative estimate of drug-likeness (QED) is 0.815. The van der Waals surface area contributed by atoms with E-state index in [9.17, 15) is 0 Å². The van der Waals surface area contributed by atoms with Crippen LogP contribution in [0, 0.1) is 6.92 Å². The lowest BCUT2D eigenvalue weighted by molar-refractivity contribution is 0.525. The maximum atomic E-state index is 4.52. The molecule has 0 saturated heterocycles. The van der Waals surface area contributed by atoms with E-state index in [-0.39, 0.29) is 0 Å². The van der Waals surface area contributed by atoms with Gasteiger partial charge in [-0.15, -0.1) is 0 Å². The molecule has 0 bridgehead atoms. The van der Waals surface area contributed by atoms with Crippen molar-refractivity contribution >= 4 is 17.8 Å². The molecule has 0 aliphatic carbocycles. The standard InChI is InChI=1S/C19H25N5/c1-7-16-8-9-18(20-11-16)23-19-21-12-17(14(3)22-19)10-13(2)15(4)24(5)6/h8-12H,4,7H2,1-3,5-6H3,(H,20,21,22,23)/b13-10+. The van der Waals surface area contributed by atoms with Crippen LogP contribution in [0.2, 0.25) is 0 Å². The summed E-state index contributed by atoms with van der Waals surface area (Å²) in [5.41, 5.74) is 5.15. The van der Waals surface area contributed by atoms with Crippen molar-refractivity contribution in [2.75, 3.05) is 19.4 Å². The maximum absolute atomic E-state index is 4.52. The molecule has 24 heavy (non-hydrogen) atoms. The molecule has 0 radical (unpaired) electrons. The number of hydrogen-bond donors (Lipinski definition) is 1. The lowest BCUT2D eigenvalue weighted by Crippen LogP contribution is -2.10. The Morgan fingerprint density at radius 2 is 2.00 bits per heavy atom. The van der Waals surface area contributed by atoms with Gasteiger partial charge in [-0.1, -0.05) is 19.6 Å². The first kappa shape index (κ1) is 17.7. The summed E-state index contributed by atoms with van der Waals surface area (Å²) in [7, 11) is 3.96. The van der Waals surface area contributed by atoms with E-state index in [4.69, 9.17) is 0 Å². The predicted octanol–water partition coefficient (Wildman–Crippen LogP) is 3.96. The highest BCUT2D eigenvalue weighted by Crippen LogP contribution is 2.18. The Kier molecular flexibility index (Phi) is 5.68. The molecular weight excluding hydrogens is 298 g/mol. The summed E-state index contributed by atoms with van der Waals surface area (Å²) in [6.45, 7) is 10.2. The van der Waals surface area contributed by atoms with Gasteiger partial charge in [-0.25, -0.2) is 15.0 Å². The Labute approximate surface area is 144 Å². The number of pyridine rings is 1. The summed E-state index contributed by atoms with van der Waals surface area (Å²) in [6, 6.07) is 3.99. The molecular formula is C19H25N5. The smallest absolute Gasteiger partial charge is 0.228 e. The topological polar surface area (TPSA) is 53.9 Å². The fourth-order valence-corrected chi connectivity index (χ4v) is 2.17. The highest BCUT2D eigenvalue weighted by molar-refractivity contribution is 5.59. The van der Waals surface area contributed by atoms with E-state index in [1.807, 2.05) is 51.3 Å². The normalized spacial score (nSPS) is 11.3. The number of hydrogen-bond acceptors (Lipinski definition) is 5. The van der Waals surface area contributed by atoms with Crippen molar-refractivity contribution in [2.24, 2.45) is 0 Å². The van der Waals surface area contributed by atoms with Gasteiger partial charge < -0.3 is 10.2 Å². The zero-order valence-corrected chi connectivity index (χ0v) is 15.1. The van der Waals surface area contributed by atoms with Crippen LogP contribution >= 0.6 is 0 Å². The first-order valence-corrected chi connectivity index (χ1v) is 8.01. The van der Waals surface area contributed by atoms with Gasteiger partial charge in [-0.3, -0.25) is 0 Å². The molecule has 2 aromatic heterocycles. The van der Waals surface area contributed by atoms with Crippen LogP contribution in [0.3, 0.4) is 0 Å². The van der Waals surface area contributed by atoms with Crippen molar-refractivity contribution in [3.63, 3.8) is 0 Å². The fraction of sp³-hybridized carbons (Fsp3) is 0.316. The summed E-state index contributed by atoms with van der Waals surface area (Å²) in [5, 5.41) is 3.14. The van der Waals surface area contributed by atoms with Crippen LogP contribution in [0.4, 0.5) is 11.8 Å². The summed E-state index contributed by atoms with van der Waals surface area (Å²) in [5.74, 6) is 1.29.